The predicted octanol–water partition coefficient (Wildman–Crippen LogP) is 2.65. The lowest BCUT2D eigenvalue weighted by atomic mass is 9.65. The van der Waals surface area contributed by atoms with Crippen LogP contribution >= 0.6 is 0 Å². The molecule has 1 aromatic heterocycles. The largest absolute Gasteiger partial charge is 0.494 e. The monoisotopic (exact) mass is 433 g/mol. The van der Waals surface area contributed by atoms with Crippen molar-refractivity contribution in [2.45, 2.75) is 5.92 Å². The summed E-state index contributed by atoms with van der Waals surface area (Å²) in [5, 5.41) is 4.27. The highest BCUT2D eigenvalue weighted by molar-refractivity contribution is 6.08. The number of oxime groups is 1. The highest BCUT2D eigenvalue weighted by Gasteiger charge is 2.49. The van der Waals surface area contributed by atoms with Crippen molar-refractivity contribution in [2.24, 2.45) is 17.0 Å². The Morgan fingerprint density at radius 3 is 2.69 bits per heavy atom. The topological polar surface area (TPSA) is 101 Å². The minimum atomic E-state index is -0.548. The molecule has 3 aromatic rings. The first-order chi connectivity index (χ1) is 15.7. The van der Waals surface area contributed by atoms with Crippen molar-refractivity contribution in [3.05, 3.63) is 53.3 Å². The number of hydrogen-bond donors (Lipinski definition) is 0. The molecule has 0 amide bonds. The van der Waals surface area contributed by atoms with Gasteiger partial charge in [-0.15, -0.1) is 0 Å². The van der Waals surface area contributed by atoms with Gasteiger partial charge in [0.15, 0.2) is 11.5 Å². The average Bonchev–Trinajstić information content (AvgIpc) is 3.50. The SMILES string of the molecule is COC(=O)[C@@H]1[C@H](c2cc(OC)c3nccnc3c2)c2cc3c(cc2C2=NOC[C@H]21)OCO3. The summed E-state index contributed by atoms with van der Waals surface area (Å²) in [6, 6.07) is 7.68. The number of carbonyl (C=O) groups is 1. The molecule has 0 fully saturated rings. The first-order valence-electron chi connectivity index (χ1n) is 10.2. The van der Waals surface area contributed by atoms with E-state index in [0.717, 1.165) is 22.4 Å². The van der Waals surface area contributed by atoms with E-state index in [1.807, 2.05) is 24.3 Å². The van der Waals surface area contributed by atoms with E-state index in [-0.39, 0.29) is 24.6 Å². The van der Waals surface area contributed by atoms with Gasteiger partial charge in [0.05, 0.1) is 37.3 Å². The smallest absolute Gasteiger partial charge is 0.310 e. The molecule has 0 N–H and O–H groups in total. The van der Waals surface area contributed by atoms with Crippen LogP contribution in [0.25, 0.3) is 11.0 Å². The van der Waals surface area contributed by atoms with Crippen molar-refractivity contribution in [3.63, 3.8) is 0 Å². The maximum absolute atomic E-state index is 13.1. The van der Waals surface area contributed by atoms with Gasteiger partial charge >= 0.3 is 5.97 Å². The van der Waals surface area contributed by atoms with Crippen LogP contribution in [0.4, 0.5) is 0 Å². The molecule has 6 rings (SSSR count). The Morgan fingerprint density at radius 2 is 1.88 bits per heavy atom. The number of hydrogen-bond acceptors (Lipinski definition) is 9. The van der Waals surface area contributed by atoms with E-state index in [0.29, 0.717) is 34.9 Å². The molecular weight excluding hydrogens is 414 g/mol. The summed E-state index contributed by atoms with van der Waals surface area (Å²) in [7, 11) is 2.99. The molecule has 162 valence electrons. The quantitative estimate of drug-likeness (QED) is 0.581. The fraction of sp³-hybridized carbons (Fsp3) is 0.304. The van der Waals surface area contributed by atoms with Gasteiger partial charge in [-0.2, -0.15) is 0 Å². The number of rotatable bonds is 3. The van der Waals surface area contributed by atoms with Gasteiger partial charge < -0.3 is 23.8 Å². The summed E-state index contributed by atoms with van der Waals surface area (Å²) in [6.45, 7) is 0.444. The molecular formula is C23H19N3O6. The summed E-state index contributed by atoms with van der Waals surface area (Å²) < 4.78 is 22.1. The molecule has 0 spiro atoms. The third kappa shape index (κ3) is 2.63. The maximum Gasteiger partial charge on any atom is 0.310 e. The van der Waals surface area contributed by atoms with Crippen molar-refractivity contribution in [1.29, 1.82) is 0 Å². The molecule has 2 aliphatic heterocycles. The Balaban J connectivity index is 1.63. The first-order valence-corrected chi connectivity index (χ1v) is 10.2. The average molecular weight is 433 g/mol. The van der Waals surface area contributed by atoms with Gasteiger partial charge in [0.2, 0.25) is 6.79 Å². The van der Waals surface area contributed by atoms with Crippen LogP contribution in [-0.4, -0.2) is 49.3 Å². The molecule has 1 aliphatic carbocycles. The first kappa shape index (κ1) is 18.9. The highest BCUT2D eigenvalue weighted by atomic mass is 16.7. The van der Waals surface area contributed by atoms with Crippen LogP contribution in [0.3, 0.4) is 0 Å². The van der Waals surface area contributed by atoms with E-state index < -0.39 is 5.92 Å². The van der Waals surface area contributed by atoms with Gasteiger partial charge in [0, 0.05) is 23.9 Å². The molecule has 3 heterocycles. The number of nitrogens with zero attached hydrogens (tertiary/aromatic N) is 3. The number of carbonyl (C=O) groups excluding carboxylic acids is 1. The molecule has 0 unspecified atom stereocenters. The zero-order chi connectivity index (χ0) is 21.8. The van der Waals surface area contributed by atoms with E-state index in [4.69, 9.17) is 23.8 Å². The molecule has 2 aromatic carbocycles. The van der Waals surface area contributed by atoms with Crippen LogP contribution < -0.4 is 14.2 Å². The lowest BCUT2D eigenvalue weighted by Gasteiger charge is -2.36. The second-order valence-corrected chi connectivity index (χ2v) is 7.85. The molecule has 3 atom stereocenters. The van der Waals surface area contributed by atoms with Crippen LogP contribution in [-0.2, 0) is 14.4 Å². The zero-order valence-electron chi connectivity index (χ0n) is 17.4. The normalized spacial score (nSPS) is 22.6. The van der Waals surface area contributed by atoms with Crippen LogP contribution in [0.5, 0.6) is 17.2 Å². The summed E-state index contributed by atoms with van der Waals surface area (Å²) in [6.07, 6.45) is 3.25. The van der Waals surface area contributed by atoms with Gasteiger partial charge in [-0.05, 0) is 35.4 Å². The summed E-state index contributed by atoms with van der Waals surface area (Å²) in [5.41, 5.74) is 4.67. The number of benzene rings is 2. The fourth-order valence-electron chi connectivity index (χ4n) is 4.94. The molecule has 0 saturated carbocycles. The van der Waals surface area contributed by atoms with Crippen molar-refractivity contribution in [3.8, 4) is 17.2 Å². The lowest BCUT2D eigenvalue weighted by molar-refractivity contribution is -0.147. The van der Waals surface area contributed by atoms with E-state index in [2.05, 4.69) is 15.1 Å². The standard InChI is InChI=1S/C23H19N3O6/c1-28-18-6-11(5-15-22(18)25-4-3-24-15)19-12-7-16-17(31-10-30-16)8-13(12)21-14(9-32-26-21)20(19)23(27)29-2/h3-8,14,19-20H,9-10H2,1-2H3/t14-,19+,20-/m0/s1. The summed E-state index contributed by atoms with van der Waals surface area (Å²) in [5.74, 6) is 0.352. The van der Waals surface area contributed by atoms with Crippen LogP contribution in [0, 0.1) is 11.8 Å². The van der Waals surface area contributed by atoms with Gasteiger partial charge in [0.1, 0.15) is 17.9 Å². The Hall–Kier alpha value is -3.88. The van der Waals surface area contributed by atoms with Crippen molar-refractivity contribution in [2.75, 3.05) is 27.6 Å². The van der Waals surface area contributed by atoms with Gasteiger partial charge in [0.25, 0.3) is 0 Å². The van der Waals surface area contributed by atoms with Crippen LogP contribution in [0.1, 0.15) is 22.6 Å². The zero-order valence-corrected chi connectivity index (χ0v) is 17.4. The predicted molar refractivity (Wildman–Crippen MR) is 112 cm³/mol. The van der Waals surface area contributed by atoms with Crippen LogP contribution in [0.15, 0.2) is 41.8 Å². The molecule has 0 bridgehead atoms. The highest BCUT2D eigenvalue weighted by Crippen LogP contribution is 2.50. The molecule has 9 nitrogen and oxygen atoms in total. The minimum Gasteiger partial charge on any atom is -0.494 e. The number of aromatic nitrogens is 2. The third-order valence-electron chi connectivity index (χ3n) is 6.33. The maximum atomic E-state index is 13.1. The second kappa shape index (κ2) is 7.08. The Bertz CT molecular complexity index is 1290. The second-order valence-electron chi connectivity index (χ2n) is 7.85. The molecule has 32 heavy (non-hydrogen) atoms. The minimum absolute atomic E-state index is 0.148. The van der Waals surface area contributed by atoms with Crippen molar-refractivity contribution < 1.29 is 28.6 Å². The van der Waals surface area contributed by atoms with E-state index >= 15 is 0 Å². The Kier molecular flexibility index (Phi) is 4.17. The van der Waals surface area contributed by atoms with Gasteiger partial charge in [-0.3, -0.25) is 9.78 Å². The molecule has 0 radical (unpaired) electrons. The lowest BCUT2D eigenvalue weighted by Crippen LogP contribution is -2.40. The number of methoxy groups -OCH3 is 2. The van der Waals surface area contributed by atoms with E-state index in [1.165, 1.54) is 7.11 Å². The summed E-state index contributed by atoms with van der Waals surface area (Å²) in [4.78, 5) is 27.4. The Labute approximate surface area is 182 Å². The summed E-state index contributed by atoms with van der Waals surface area (Å²) >= 11 is 0. The molecule has 9 heteroatoms. The van der Waals surface area contributed by atoms with Gasteiger partial charge in [-0.25, -0.2) is 4.98 Å². The number of ether oxygens (including phenoxy) is 4. The van der Waals surface area contributed by atoms with E-state index in [1.54, 1.807) is 19.5 Å². The van der Waals surface area contributed by atoms with Crippen molar-refractivity contribution >= 4 is 22.7 Å². The van der Waals surface area contributed by atoms with Gasteiger partial charge in [-0.1, -0.05) is 5.16 Å². The molecule has 0 saturated heterocycles. The van der Waals surface area contributed by atoms with E-state index in [9.17, 15) is 4.79 Å². The number of esters is 1. The molecule has 3 aliphatic rings. The van der Waals surface area contributed by atoms with Crippen LogP contribution in [0.2, 0.25) is 0 Å². The third-order valence-corrected chi connectivity index (χ3v) is 6.33. The Morgan fingerprint density at radius 1 is 1.06 bits per heavy atom. The number of fused-ring (bicyclic) bond motifs is 5. The fourth-order valence-corrected chi connectivity index (χ4v) is 4.94. The van der Waals surface area contributed by atoms with Crippen molar-refractivity contribution in [1.82, 2.24) is 9.97 Å².